The number of aromatic nitrogens is 1. The molecule has 1 aromatic carbocycles. The molecular formula is C16H15Cl2N3OS. The SMILES string of the molecule is CC(=O)N1CC[C@@]2(C1)CN(c1ncc(Cl)s1)c1ccc(Cl)cc12. The molecule has 1 saturated heterocycles. The smallest absolute Gasteiger partial charge is 0.219 e. The quantitative estimate of drug-likeness (QED) is 0.761. The van der Waals surface area contributed by atoms with Gasteiger partial charge in [-0.15, -0.1) is 0 Å². The van der Waals surface area contributed by atoms with E-state index in [0.717, 1.165) is 41.9 Å². The van der Waals surface area contributed by atoms with E-state index in [4.69, 9.17) is 23.2 Å². The van der Waals surface area contributed by atoms with Crippen LogP contribution in [0.5, 0.6) is 0 Å². The van der Waals surface area contributed by atoms with E-state index in [2.05, 4.69) is 9.88 Å². The van der Waals surface area contributed by atoms with Gasteiger partial charge in [0.15, 0.2) is 5.13 Å². The van der Waals surface area contributed by atoms with Crippen LogP contribution >= 0.6 is 34.5 Å². The summed E-state index contributed by atoms with van der Waals surface area (Å²) >= 11 is 13.8. The fraction of sp³-hybridized carbons (Fsp3) is 0.375. The molecule has 0 aliphatic carbocycles. The minimum absolute atomic E-state index is 0.0793. The number of carbonyl (C=O) groups is 1. The van der Waals surface area contributed by atoms with Gasteiger partial charge in [-0.3, -0.25) is 4.79 Å². The normalized spacial score (nSPS) is 22.9. The molecule has 7 heteroatoms. The van der Waals surface area contributed by atoms with Crippen molar-refractivity contribution in [1.29, 1.82) is 0 Å². The molecule has 0 bridgehead atoms. The molecule has 23 heavy (non-hydrogen) atoms. The average Bonchev–Trinajstić information content (AvgIpc) is 3.19. The first-order chi connectivity index (χ1) is 11.0. The van der Waals surface area contributed by atoms with Gasteiger partial charge in [-0.1, -0.05) is 34.5 Å². The molecule has 2 aromatic rings. The van der Waals surface area contributed by atoms with E-state index in [1.807, 2.05) is 23.1 Å². The third-order valence-corrected chi connectivity index (χ3v) is 6.15. The maximum Gasteiger partial charge on any atom is 0.219 e. The molecule has 120 valence electrons. The Kier molecular flexibility index (Phi) is 3.55. The Morgan fingerprint density at radius 1 is 1.35 bits per heavy atom. The van der Waals surface area contributed by atoms with Crippen molar-refractivity contribution >= 4 is 51.3 Å². The van der Waals surface area contributed by atoms with Gasteiger partial charge in [-0.2, -0.15) is 0 Å². The molecule has 1 aromatic heterocycles. The lowest BCUT2D eigenvalue weighted by Gasteiger charge is -2.25. The number of anilines is 2. The number of thiazole rings is 1. The van der Waals surface area contributed by atoms with Crippen molar-refractivity contribution in [1.82, 2.24) is 9.88 Å². The Morgan fingerprint density at radius 2 is 2.17 bits per heavy atom. The largest absolute Gasteiger partial charge is 0.342 e. The summed E-state index contributed by atoms with van der Waals surface area (Å²) in [7, 11) is 0. The summed E-state index contributed by atoms with van der Waals surface area (Å²) < 4.78 is 0.674. The third-order valence-electron chi connectivity index (χ3n) is 4.78. The summed E-state index contributed by atoms with van der Waals surface area (Å²) in [6, 6.07) is 5.98. The van der Waals surface area contributed by atoms with Crippen LogP contribution in [0.25, 0.3) is 0 Å². The molecule has 0 radical (unpaired) electrons. The van der Waals surface area contributed by atoms with Gasteiger partial charge in [0.1, 0.15) is 4.34 Å². The predicted molar refractivity (Wildman–Crippen MR) is 94.1 cm³/mol. The maximum atomic E-state index is 11.8. The minimum Gasteiger partial charge on any atom is -0.342 e. The molecule has 0 N–H and O–H groups in total. The second-order valence-corrected chi connectivity index (χ2v) is 8.24. The highest BCUT2D eigenvalue weighted by Gasteiger charge is 2.48. The van der Waals surface area contributed by atoms with E-state index in [0.29, 0.717) is 4.34 Å². The number of amides is 1. The van der Waals surface area contributed by atoms with Crippen LogP contribution in [-0.2, 0) is 10.2 Å². The van der Waals surface area contributed by atoms with Crippen LogP contribution in [0.15, 0.2) is 24.4 Å². The number of rotatable bonds is 1. The zero-order chi connectivity index (χ0) is 16.2. The van der Waals surface area contributed by atoms with E-state index in [9.17, 15) is 4.79 Å². The summed E-state index contributed by atoms with van der Waals surface area (Å²) in [6.45, 7) is 3.94. The number of hydrogen-bond acceptors (Lipinski definition) is 4. The zero-order valence-electron chi connectivity index (χ0n) is 12.6. The summed E-state index contributed by atoms with van der Waals surface area (Å²) in [5.74, 6) is 0.126. The number of benzene rings is 1. The van der Waals surface area contributed by atoms with Crippen LogP contribution in [0.1, 0.15) is 18.9 Å². The van der Waals surface area contributed by atoms with E-state index >= 15 is 0 Å². The molecule has 1 fully saturated rings. The first-order valence-electron chi connectivity index (χ1n) is 7.43. The van der Waals surface area contributed by atoms with Crippen molar-refractivity contribution in [2.75, 3.05) is 24.5 Å². The molecule has 4 rings (SSSR count). The monoisotopic (exact) mass is 367 g/mol. The van der Waals surface area contributed by atoms with Gasteiger partial charge < -0.3 is 9.80 Å². The van der Waals surface area contributed by atoms with Crippen molar-refractivity contribution in [3.05, 3.63) is 39.3 Å². The number of hydrogen-bond donors (Lipinski definition) is 0. The first kappa shape index (κ1) is 15.2. The second-order valence-electron chi connectivity index (χ2n) is 6.17. The number of nitrogens with zero attached hydrogens (tertiary/aromatic N) is 3. The molecule has 4 nitrogen and oxygen atoms in total. The average molecular weight is 368 g/mol. The lowest BCUT2D eigenvalue weighted by atomic mass is 9.81. The van der Waals surface area contributed by atoms with Gasteiger partial charge in [-0.05, 0) is 30.2 Å². The molecule has 1 atom stereocenters. The Hall–Kier alpha value is -1.30. The Bertz CT molecular complexity index is 793. The van der Waals surface area contributed by atoms with Gasteiger partial charge in [-0.25, -0.2) is 4.98 Å². The molecule has 2 aliphatic heterocycles. The Labute approximate surface area is 148 Å². The lowest BCUT2D eigenvalue weighted by molar-refractivity contribution is -0.127. The molecule has 0 saturated carbocycles. The second kappa shape index (κ2) is 5.36. The van der Waals surface area contributed by atoms with Crippen molar-refractivity contribution in [2.24, 2.45) is 0 Å². The van der Waals surface area contributed by atoms with E-state index in [-0.39, 0.29) is 11.3 Å². The van der Waals surface area contributed by atoms with Crippen LogP contribution < -0.4 is 4.90 Å². The van der Waals surface area contributed by atoms with Crippen LogP contribution in [0.3, 0.4) is 0 Å². The number of fused-ring (bicyclic) bond motifs is 2. The Balaban J connectivity index is 1.79. The molecule has 1 spiro atoms. The van der Waals surface area contributed by atoms with Crippen LogP contribution in [0.2, 0.25) is 9.36 Å². The Morgan fingerprint density at radius 3 is 2.83 bits per heavy atom. The van der Waals surface area contributed by atoms with E-state index in [1.54, 1.807) is 13.1 Å². The number of likely N-dealkylation sites (tertiary alicyclic amines) is 1. The molecule has 3 heterocycles. The fourth-order valence-corrected chi connectivity index (χ4v) is 4.76. The van der Waals surface area contributed by atoms with Crippen molar-refractivity contribution in [2.45, 2.75) is 18.8 Å². The van der Waals surface area contributed by atoms with Crippen molar-refractivity contribution in [3.63, 3.8) is 0 Å². The summed E-state index contributed by atoms with van der Waals surface area (Å²) in [5, 5.41) is 1.61. The van der Waals surface area contributed by atoms with Gasteiger partial charge in [0.25, 0.3) is 0 Å². The van der Waals surface area contributed by atoms with Crippen LogP contribution in [0.4, 0.5) is 10.8 Å². The van der Waals surface area contributed by atoms with Crippen LogP contribution in [-0.4, -0.2) is 35.4 Å². The topological polar surface area (TPSA) is 36.4 Å². The van der Waals surface area contributed by atoms with Crippen LogP contribution in [0, 0.1) is 0 Å². The third kappa shape index (κ3) is 2.42. The number of carbonyl (C=O) groups excluding carboxylic acids is 1. The van der Waals surface area contributed by atoms with E-state index < -0.39 is 0 Å². The maximum absolute atomic E-state index is 11.8. The summed E-state index contributed by atoms with van der Waals surface area (Å²) in [5.41, 5.74) is 2.25. The zero-order valence-corrected chi connectivity index (χ0v) is 14.9. The summed E-state index contributed by atoms with van der Waals surface area (Å²) in [6.07, 6.45) is 2.62. The minimum atomic E-state index is -0.0793. The fourth-order valence-electron chi connectivity index (χ4n) is 3.67. The molecular weight excluding hydrogens is 353 g/mol. The van der Waals surface area contributed by atoms with Gasteiger partial charge >= 0.3 is 0 Å². The van der Waals surface area contributed by atoms with Gasteiger partial charge in [0.05, 0.1) is 6.20 Å². The molecule has 0 unspecified atom stereocenters. The summed E-state index contributed by atoms with van der Waals surface area (Å²) in [4.78, 5) is 20.3. The van der Waals surface area contributed by atoms with Gasteiger partial charge in [0, 0.05) is 42.7 Å². The predicted octanol–water partition coefficient (Wildman–Crippen LogP) is 4.09. The van der Waals surface area contributed by atoms with Crippen molar-refractivity contribution < 1.29 is 4.79 Å². The molecule has 2 aliphatic rings. The number of halogens is 2. The highest BCUT2D eigenvalue weighted by molar-refractivity contribution is 7.19. The first-order valence-corrected chi connectivity index (χ1v) is 9.00. The van der Waals surface area contributed by atoms with E-state index in [1.165, 1.54) is 16.9 Å². The van der Waals surface area contributed by atoms with Crippen molar-refractivity contribution in [3.8, 4) is 0 Å². The molecule has 1 amide bonds. The van der Waals surface area contributed by atoms with Gasteiger partial charge in [0.2, 0.25) is 5.91 Å². The lowest BCUT2D eigenvalue weighted by Crippen LogP contribution is -2.36. The highest BCUT2D eigenvalue weighted by Crippen LogP contribution is 2.50. The standard InChI is InChI=1S/C16H15Cl2N3OS/c1-10(22)20-5-4-16(8-20)9-21(15-19-7-14(18)23-15)13-3-2-11(17)6-12(13)16/h2-3,6-7H,4-5,8-9H2,1H3/t16-/m1/s1. The highest BCUT2D eigenvalue weighted by atomic mass is 35.5.